The summed E-state index contributed by atoms with van der Waals surface area (Å²) in [5.41, 5.74) is 0. The van der Waals surface area contributed by atoms with E-state index in [1.54, 1.807) is 0 Å². The van der Waals surface area contributed by atoms with Gasteiger partial charge in [0.15, 0.2) is 0 Å². The van der Waals surface area contributed by atoms with E-state index in [9.17, 15) is 0 Å². The lowest BCUT2D eigenvalue weighted by Gasteiger charge is -2.11. The molecule has 0 aromatic heterocycles. The van der Waals surface area contributed by atoms with Crippen molar-refractivity contribution in [2.24, 2.45) is 17.8 Å². The average molecular weight is 181 g/mol. The van der Waals surface area contributed by atoms with Gasteiger partial charge in [-0.25, -0.2) is 0 Å². The van der Waals surface area contributed by atoms with Gasteiger partial charge in [0.05, 0.1) is 12.7 Å². The minimum absolute atomic E-state index is 0.620. The fourth-order valence-electron chi connectivity index (χ4n) is 3.10. The van der Waals surface area contributed by atoms with Gasteiger partial charge in [-0.3, -0.25) is 0 Å². The summed E-state index contributed by atoms with van der Waals surface area (Å²) in [6.45, 7) is 3.56. The predicted molar refractivity (Wildman–Crippen MR) is 51.5 cm³/mol. The summed E-state index contributed by atoms with van der Waals surface area (Å²) < 4.78 is 5.94. The third kappa shape index (κ3) is 1.50. The van der Waals surface area contributed by atoms with Gasteiger partial charge in [-0.1, -0.05) is 12.8 Å². The van der Waals surface area contributed by atoms with Crippen molar-refractivity contribution >= 4 is 0 Å². The molecule has 3 rings (SSSR count). The normalized spacial score (nSPS) is 43.8. The van der Waals surface area contributed by atoms with Crippen LogP contribution in [0.25, 0.3) is 0 Å². The fourth-order valence-corrected chi connectivity index (χ4v) is 3.10. The summed E-state index contributed by atoms with van der Waals surface area (Å²) in [6.07, 6.45) is 6.04. The molecule has 2 saturated carbocycles. The Morgan fingerprint density at radius 1 is 1.08 bits per heavy atom. The van der Waals surface area contributed by atoms with Crippen LogP contribution in [-0.2, 0) is 4.74 Å². The largest absolute Gasteiger partial charge is 0.378 e. The standard InChI is InChI=1S/C11H19NO/c1-2-4-8(3-1)13-7-11-9-5-12-6-10(9)11/h8-12H,1-7H2/t9-,10+,11?. The van der Waals surface area contributed by atoms with Gasteiger partial charge < -0.3 is 10.1 Å². The molecule has 0 aromatic rings. The van der Waals surface area contributed by atoms with Crippen molar-refractivity contribution < 1.29 is 4.74 Å². The maximum Gasteiger partial charge on any atom is 0.0575 e. The lowest BCUT2D eigenvalue weighted by Crippen LogP contribution is -2.18. The number of ether oxygens (including phenoxy) is 1. The Hall–Kier alpha value is -0.0800. The number of nitrogens with one attached hydrogen (secondary N) is 1. The fraction of sp³-hybridized carbons (Fsp3) is 1.00. The first kappa shape index (κ1) is 8.25. The van der Waals surface area contributed by atoms with E-state index in [2.05, 4.69) is 5.32 Å². The number of fused-ring (bicyclic) bond motifs is 1. The maximum atomic E-state index is 5.94. The van der Waals surface area contributed by atoms with E-state index in [0.717, 1.165) is 24.4 Å². The van der Waals surface area contributed by atoms with Crippen LogP contribution in [0, 0.1) is 17.8 Å². The third-order valence-corrected chi connectivity index (χ3v) is 4.10. The third-order valence-electron chi connectivity index (χ3n) is 4.10. The lowest BCUT2D eigenvalue weighted by molar-refractivity contribution is 0.0457. The molecule has 1 heterocycles. The molecule has 3 aliphatic rings. The van der Waals surface area contributed by atoms with Crippen LogP contribution in [0.3, 0.4) is 0 Å². The molecule has 1 saturated heterocycles. The van der Waals surface area contributed by atoms with Crippen LogP contribution in [0.1, 0.15) is 25.7 Å². The number of piperidine rings is 1. The first-order valence-corrected chi connectivity index (χ1v) is 5.77. The highest BCUT2D eigenvalue weighted by Crippen LogP contribution is 2.48. The lowest BCUT2D eigenvalue weighted by atomic mass is 10.3. The van der Waals surface area contributed by atoms with Gasteiger partial charge in [0.25, 0.3) is 0 Å². The zero-order chi connectivity index (χ0) is 8.67. The minimum Gasteiger partial charge on any atom is -0.378 e. The first-order valence-electron chi connectivity index (χ1n) is 5.77. The summed E-state index contributed by atoms with van der Waals surface area (Å²) in [4.78, 5) is 0. The van der Waals surface area contributed by atoms with Crippen molar-refractivity contribution in [3.8, 4) is 0 Å². The molecule has 0 bridgehead atoms. The highest BCUT2D eigenvalue weighted by molar-refractivity contribution is 5.03. The summed E-state index contributed by atoms with van der Waals surface area (Å²) in [6, 6.07) is 0. The smallest absolute Gasteiger partial charge is 0.0575 e. The molecule has 0 amide bonds. The van der Waals surface area contributed by atoms with E-state index in [-0.39, 0.29) is 0 Å². The molecule has 2 aliphatic carbocycles. The van der Waals surface area contributed by atoms with E-state index < -0.39 is 0 Å². The summed E-state index contributed by atoms with van der Waals surface area (Å²) in [5, 5.41) is 3.42. The Labute approximate surface area is 80.0 Å². The predicted octanol–water partition coefficient (Wildman–Crippen LogP) is 1.41. The van der Waals surface area contributed by atoms with E-state index >= 15 is 0 Å². The van der Waals surface area contributed by atoms with Crippen LogP contribution in [0.5, 0.6) is 0 Å². The molecule has 2 nitrogen and oxygen atoms in total. The molecule has 0 spiro atoms. The molecule has 0 aromatic carbocycles. The summed E-state index contributed by atoms with van der Waals surface area (Å²) in [7, 11) is 0. The Morgan fingerprint density at radius 3 is 2.46 bits per heavy atom. The number of hydrogen-bond donors (Lipinski definition) is 1. The zero-order valence-corrected chi connectivity index (χ0v) is 8.17. The van der Waals surface area contributed by atoms with Gasteiger partial charge >= 0.3 is 0 Å². The van der Waals surface area contributed by atoms with Gasteiger partial charge in [-0.15, -0.1) is 0 Å². The molecule has 1 aliphatic heterocycles. The van der Waals surface area contributed by atoms with Crippen molar-refractivity contribution in [1.29, 1.82) is 0 Å². The monoisotopic (exact) mass is 181 g/mol. The minimum atomic E-state index is 0.620. The molecule has 1 unspecified atom stereocenters. The second-order valence-corrected chi connectivity index (χ2v) is 4.89. The Balaban J connectivity index is 1.40. The van der Waals surface area contributed by atoms with Gasteiger partial charge in [-0.05, 0) is 43.7 Å². The van der Waals surface area contributed by atoms with E-state index in [4.69, 9.17) is 4.74 Å². The zero-order valence-electron chi connectivity index (χ0n) is 8.17. The number of rotatable bonds is 3. The van der Waals surface area contributed by atoms with E-state index in [1.165, 1.54) is 38.8 Å². The second kappa shape index (κ2) is 3.25. The van der Waals surface area contributed by atoms with Crippen LogP contribution in [0.2, 0.25) is 0 Å². The van der Waals surface area contributed by atoms with Gasteiger partial charge in [-0.2, -0.15) is 0 Å². The highest BCUT2D eigenvalue weighted by atomic mass is 16.5. The molecule has 3 atom stereocenters. The van der Waals surface area contributed by atoms with Crippen LogP contribution in [0.4, 0.5) is 0 Å². The number of hydrogen-bond acceptors (Lipinski definition) is 2. The van der Waals surface area contributed by atoms with Crippen molar-refractivity contribution in [1.82, 2.24) is 5.32 Å². The highest BCUT2D eigenvalue weighted by Gasteiger charge is 2.52. The molecule has 1 N–H and O–H groups in total. The van der Waals surface area contributed by atoms with Crippen LogP contribution in [-0.4, -0.2) is 25.8 Å². The Morgan fingerprint density at radius 2 is 1.77 bits per heavy atom. The molecular formula is C11H19NO. The van der Waals surface area contributed by atoms with Crippen molar-refractivity contribution in [3.05, 3.63) is 0 Å². The SMILES string of the molecule is C1CCC(OCC2[C@H]3CNC[C@@H]23)C1. The molecular weight excluding hydrogens is 162 g/mol. The first-order chi connectivity index (χ1) is 6.45. The Kier molecular flexibility index (Phi) is 2.06. The second-order valence-electron chi connectivity index (χ2n) is 4.89. The van der Waals surface area contributed by atoms with Gasteiger partial charge in [0, 0.05) is 0 Å². The van der Waals surface area contributed by atoms with Crippen molar-refractivity contribution in [3.63, 3.8) is 0 Å². The molecule has 3 fully saturated rings. The molecule has 13 heavy (non-hydrogen) atoms. The maximum absolute atomic E-state index is 5.94. The van der Waals surface area contributed by atoms with Gasteiger partial charge in [0.1, 0.15) is 0 Å². The van der Waals surface area contributed by atoms with E-state index in [0.29, 0.717) is 6.10 Å². The van der Waals surface area contributed by atoms with Crippen LogP contribution < -0.4 is 5.32 Å². The summed E-state index contributed by atoms with van der Waals surface area (Å²) >= 11 is 0. The average Bonchev–Trinajstić information content (AvgIpc) is 2.68. The van der Waals surface area contributed by atoms with Crippen molar-refractivity contribution in [2.45, 2.75) is 31.8 Å². The van der Waals surface area contributed by atoms with Gasteiger partial charge in [0.2, 0.25) is 0 Å². The topological polar surface area (TPSA) is 21.3 Å². The quantitative estimate of drug-likeness (QED) is 0.711. The molecule has 0 radical (unpaired) electrons. The van der Waals surface area contributed by atoms with E-state index in [1.807, 2.05) is 0 Å². The van der Waals surface area contributed by atoms with Crippen molar-refractivity contribution in [2.75, 3.05) is 19.7 Å². The molecule has 2 heteroatoms. The van der Waals surface area contributed by atoms with Crippen LogP contribution >= 0.6 is 0 Å². The summed E-state index contributed by atoms with van der Waals surface area (Å²) in [5.74, 6) is 2.87. The van der Waals surface area contributed by atoms with Crippen LogP contribution in [0.15, 0.2) is 0 Å². The molecule has 74 valence electrons. The Bertz CT molecular complexity index is 179.